The Morgan fingerprint density at radius 1 is 1.56 bits per heavy atom. The Kier molecular flexibility index (Phi) is 2.78. The summed E-state index contributed by atoms with van der Waals surface area (Å²) >= 11 is 0. The molecule has 0 radical (unpaired) electrons. The van der Waals surface area contributed by atoms with Gasteiger partial charge in [0.15, 0.2) is 0 Å². The summed E-state index contributed by atoms with van der Waals surface area (Å²) in [5, 5.41) is 9.33. The van der Waals surface area contributed by atoms with Crippen molar-refractivity contribution in [3.63, 3.8) is 0 Å². The third kappa shape index (κ3) is 1.85. The first-order chi connectivity index (χ1) is 7.59. The Hall–Kier alpha value is -1.63. The topological polar surface area (TPSA) is 84.3 Å². The molecule has 1 fully saturated rings. The molecular formula is C9H11FN2O4. The van der Waals surface area contributed by atoms with Gasteiger partial charge in [-0.25, -0.2) is 4.79 Å². The predicted molar refractivity (Wildman–Crippen MR) is 51.9 cm³/mol. The Morgan fingerprint density at radius 2 is 2.31 bits per heavy atom. The van der Waals surface area contributed by atoms with Crippen LogP contribution < -0.4 is 11.2 Å². The second-order valence-corrected chi connectivity index (χ2v) is 3.64. The number of nitrogens with zero attached hydrogens (tertiary/aromatic N) is 1. The summed E-state index contributed by atoms with van der Waals surface area (Å²) in [6.45, 7) is 0.629. The van der Waals surface area contributed by atoms with Crippen LogP contribution in [0.1, 0.15) is 12.8 Å². The van der Waals surface area contributed by atoms with Gasteiger partial charge in [0.05, 0.1) is 12.6 Å². The molecule has 1 saturated heterocycles. The highest BCUT2D eigenvalue weighted by Gasteiger charge is 2.20. The van der Waals surface area contributed by atoms with Crippen LogP contribution in [0.4, 0.5) is 4.39 Å². The van der Waals surface area contributed by atoms with Gasteiger partial charge >= 0.3 is 5.69 Å². The van der Waals surface area contributed by atoms with E-state index in [1.807, 2.05) is 0 Å². The van der Waals surface area contributed by atoms with Gasteiger partial charge in [0.2, 0.25) is 11.7 Å². The molecule has 0 aromatic carbocycles. The SMILES string of the molecule is O=c1[nH]c(=O)n(CC2CCCO2)c(O)c1F. The molecule has 1 aliphatic heterocycles. The first kappa shape index (κ1) is 10.9. The molecular weight excluding hydrogens is 219 g/mol. The van der Waals surface area contributed by atoms with Gasteiger partial charge in [0.25, 0.3) is 5.56 Å². The molecule has 1 aromatic heterocycles. The molecule has 2 rings (SSSR count). The number of aromatic hydroxyl groups is 1. The molecule has 0 bridgehead atoms. The maximum Gasteiger partial charge on any atom is 0.331 e. The average Bonchev–Trinajstić information content (AvgIpc) is 2.74. The van der Waals surface area contributed by atoms with E-state index in [9.17, 15) is 19.1 Å². The molecule has 0 aliphatic carbocycles. The summed E-state index contributed by atoms with van der Waals surface area (Å²) in [5.41, 5.74) is -2.05. The maximum absolute atomic E-state index is 13.1. The van der Waals surface area contributed by atoms with E-state index in [2.05, 4.69) is 0 Å². The van der Waals surface area contributed by atoms with Crippen molar-refractivity contribution in [2.75, 3.05) is 6.61 Å². The van der Waals surface area contributed by atoms with Crippen LogP contribution in [-0.4, -0.2) is 27.4 Å². The van der Waals surface area contributed by atoms with Crippen molar-refractivity contribution < 1.29 is 14.2 Å². The van der Waals surface area contributed by atoms with Gasteiger partial charge in [-0.2, -0.15) is 4.39 Å². The summed E-state index contributed by atoms with van der Waals surface area (Å²) in [6, 6.07) is 0. The van der Waals surface area contributed by atoms with E-state index in [0.29, 0.717) is 6.61 Å². The van der Waals surface area contributed by atoms with Crippen LogP contribution in [0, 0.1) is 5.82 Å². The lowest BCUT2D eigenvalue weighted by Gasteiger charge is -2.12. The lowest BCUT2D eigenvalue weighted by atomic mass is 10.2. The van der Waals surface area contributed by atoms with E-state index < -0.39 is 22.9 Å². The summed E-state index contributed by atoms with van der Waals surface area (Å²) in [4.78, 5) is 23.9. The zero-order valence-corrected chi connectivity index (χ0v) is 8.40. The highest BCUT2D eigenvalue weighted by molar-refractivity contribution is 5.09. The molecule has 0 amide bonds. The number of hydrogen-bond acceptors (Lipinski definition) is 4. The van der Waals surface area contributed by atoms with Gasteiger partial charge in [-0.15, -0.1) is 0 Å². The van der Waals surface area contributed by atoms with Crippen LogP contribution >= 0.6 is 0 Å². The van der Waals surface area contributed by atoms with Gasteiger partial charge in [-0.05, 0) is 12.8 Å². The Balaban J connectivity index is 2.36. The first-order valence-corrected chi connectivity index (χ1v) is 4.93. The highest BCUT2D eigenvalue weighted by Crippen LogP contribution is 2.16. The largest absolute Gasteiger partial charge is 0.492 e. The van der Waals surface area contributed by atoms with Crippen LogP contribution in [0.25, 0.3) is 0 Å². The van der Waals surface area contributed by atoms with Crippen LogP contribution in [-0.2, 0) is 11.3 Å². The summed E-state index contributed by atoms with van der Waals surface area (Å²) < 4.78 is 19.1. The van der Waals surface area contributed by atoms with Crippen molar-refractivity contribution in [2.45, 2.75) is 25.5 Å². The molecule has 2 heterocycles. The lowest BCUT2D eigenvalue weighted by molar-refractivity contribution is 0.0927. The number of rotatable bonds is 2. The first-order valence-electron chi connectivity index (χ1n) is 4.93. The van der Waals surface area contributed by atoms with Crippen molar-refractivity contribution in [3.05, 3.63) is 26.7 Å². The molecule has 2 N–H and O–H groups in total. The van der Waals surface area contributed by atoms with E-state index in [1.165, 1.54) is 0 Å². The van der Waals surface area contributed by atoms with E-state index in [0.717, 1.165) is 17.4 Å². The summed E-state index contributed by atoms with van der Waals surface area (Å²) in [5.74, 6) is -2.29. The predicted octanol–water partition coefficient (Wildman–Crippen LogP) is -0.440. The third-order valence-corrected chi connectivity index (χ3v) is 2.53. The smallest absolute Gasteiger partial charge is 0.331 e. The molecule has 16 heavy (non-hydrogen) atoms. The van der Waals surface area contributed by atoms with E-state index >= 15 is 0 Å². The second-order valence-electron chi connectivity index (χ2n) is 3.64. The van der Waals surface area contributed by atoms with E-state index in [1.54, 1.807) is 4.98 Å². The fourth-order valence-corrected chi connectivity index (χ4v) is 1.70. The van der Waals surface area contributed by atoms with Crippen molar-refractivity contribution in [2.24, 2.45) is 0 Å². The van der Waals surface area contributed by atoms with Gasteiger partial charge in [0.1, 0.15) is 0 Å². The fourth-order valence-electron chi connectivity index (χ4n) is 1.70. The van der Waals surface area contributed by atoms with Gasteiger partial charge in [-0.1, -0.05) is 0 Å². The van der Waals surface area contributed by atoms with Crippen LogP contribution in [0.5, 0.6) is 5.88 Å². The van der Waals surface area contributed by atoms with Crippen LogP contribution in [0.15, 0.2) is 9.59 Å². The summed E-state index contributed by atoms with van der Waals surface area (Å²) in [7, 11) is 0. The van der Waals surface area contributed by atoms with Crippen molar-refractivity contribution in [1.29, 1.82) is 0 Å². The maximum atomic E-state index is 13.1. The molecule has 1 aromatic rings. The number of nitrogens with one attached hydrogen (secondary N) is 1. The molecule has 1 atom stereocenters. The minimum atomic E-state index is -1.35. The quantitative estimate of drug-likeness (QED) is 0.721. The summed E-state index contributed by atoms with van der Waals surface area (Å²) in [6.07, 6.45) is 1.38. The fraction of sp³-hybridized carbons (Fsp3) is 0.556. The molecule has 88 valence electrons. The minimum absolute atomic E-state index is 0.0400. The van der Waals surface area contributed by atoms with E-state index in [-0.39, 0.29) is 12.6 Å². The second kappa shape index (κ2) is 4.09. The van der Waals surface area contributed by atoms with Crippen LogP contribution in [0.3, 0.4) is 0 Å². The van der Waals surface area contributed by atoms with E-state index in [4.69, 9.17) is 4.74 Å². The van der Waals surface area contributed by atoms with Crippen molar-refractivity contribution >= 4 is 0 Å². The number of halogens is 1. The number of ether oxygens (including phenoxy) is 1. The number of aromatic nitrogens is 2. The van der Waals surface area contributed by atoms with Crippen molar-refractivity contribution in [1.82, 2.24) is 9.55 Å². The molecule has 1 aliphatic rings. The zero-order valence-electron chi connectivity index (χ0n) is 8.40. The van der Waals surface area contributed by atoms with Gasteiger partial charge < -0.3 is 9.84 Å². The zero-order chi connectivity index (χ0) is 11.7. The Morgan fingerprint density at radius 3 is 2.94 bits per heavy atom. The average molecular weight is 230 g/mol. The lowest BCUT2D eigenvalue weighted by Crippen LogP contribution is -2.34. The highest BCUT2D eigenvalue weighted by atomic mass is 19.1. The Labute approximate surface area is 89.3 Å². The minimum Gasteiger partial charge on any atom is -0.492 e. The Bertz CT molecular complexity index is 501. The monoisotopic (exact) mass is 230 g/mol. The molecule has 1 unspecified atom stereocenters. The number of H-pyrrole nitrogens is 1. The third-order valence-electron chi connectivity index (χ3n) is 2.53. The van der Waals surface area contributed by atoms with Crippen LogP contribution in [0.2, 0.25) is 0 Å². The van der Waals surface area contributed by atoms with Crippen molar-refractivity contribution in [3.8, 4) is 5.88 Å². The molecule has 6 nitrogen and oxygen atoms in total. The molecule has 7 heteroatoms. The molecule has 0 spiro atoms. The molecule has 0 saturated carbocycles. The number of aromatic amines is 1. The number of hydrogen-bond donors (Lipinski definition) is 2. The van der Waals surface area contributed by atoms with Gasteiger partial charge in [0, 0.05) is 6.61 Å². The normalized spacial score (nSPS) is 20.2. The van der Waals surface area contributed by atoms with Gasteiger partial charge in [-0.3, -0.25) is 14.3 Å². The standard InChI is InChI=1S/C9H11FN2O4/c10-6-7(13)11-9(15)12(8(6)14)4-5-2-1-3-16-5/h5,14H,1-4H2,(H,11,13,15).